The van der Waals surface area contributed by atoms with Gasteiger partial charge in [0.1, 0.15) is 11.6 Å². The van der Waals surface area contributed by atoms with Gasteiger partial charge < -0.3 is 14.5 Å². The number of ether oxygens (including phenoxy) is 1. The maximum absolute atomic E-state index is 13.8. The van der Waals surface area contributed by atoms with Crippen LogP contribution in [0.25, 0.3) is 10.8 Å². The van der Waals surface area contributed by atoms with E-state index in [2.05, 4.69) is 35.8 Å². The summed E-state index contributed by atoms with van der Waals surface area (Å²) in [6.45, 7) is 7.95. The molecule has 6 nitrogen and oxygen atoms in total. The molecule has 4 rings (SSSR count). The van der Waals surface area contributed by atoms with Crippen molar-refractivity contribution < 1.29 is 9.13 Å². The fourth-order valence-electron chi connectivity index (χ4n) is 4.71. The van der Waals surface area contributed by atoms with E-state index in [1.807, 2.05) is 18.2 Å². The molecule has 1 aliphatic rings. The van der Waals surface area contributed by atoms with Gasteiger partial charge in [0, 0.05) is 42.7 Å². The van der Waals surface area contributed by atoms with E-state index >= 15 is 0 Å². The molecule has 35 heavy (non-hydrogen) atoms. The Morgan fingerprint density at radius 2 is 2.03 bits per heavy atom. The fourth-order valence-corrected chi connectivity index (χ4v) is 4.71. The summed E-state index contributed by atoms with van der Waals surface area (Å²) >= 11 is 0. The molecule has 0 saturated heterocycles. The maximum Gasteiger partial charge on any atom is 0.318 e. The second kappa shape index (κ2) is 11.8. The minimum Gasteiger partial charge on any atom is -0.463 e. The van der Waals surface area contributed by atoms with Gasteiger partial charge in [-0.05, 0) is 55.8 Å². The molecule has 0 unspecified atom stereocenters. The molecule has 7 heteroatoms. The molecule has 0 bridgehead atoms. The monoisotopic (exact) mass is 475 g/mol. The molecule has 0 radical (unpaired) electrons. The minimum absolute atomic E-state index is 0.225. The molecule has 0 atom stereocenters. The van der Waals surface area contributed by atoms with Crippen molar-refractivity contribution in [1.29, 1.82) is 5.26 Å². The van der Waals surface area contributed by atoms with Crippen LogP contribution in [0.1, 0.15) is 57.2 Å². The fraction of sp³-hybridized carbons (Fsp3) is 0.464. The maximum atomic E-state index is 13.8. The van der Waals surface area contributed by atoms with E-state index in [0.29, 0.717) is 25.6 Å². The Morgan fingerprint density at radius 3 is 2.83 bits per heavy atom. The number of hydrogen-bond donors (Lipinski definition) is 0. The van der Waals surface area contributed by atoms with Crippen LogP contribution < -0.4 is 14.5 Å². The Labute approximate surface area is 207 Å². The molecule has 0 fully saturated rings. The molecule has 184 valence electrons. The number of anilines is 2. The minimum atomic E-state index is -0.225. The lowest BCUT2D eigenvalue weighted by Gasteiger charge is -2.34. The van der Waals surface area contributed by atoms with E-state index in [1.54, 1.807) is 6.07 Å². The molecule has 0 N–H and O–H groups in total. The summed E-state index contributed by atoms with van der Waals surface area (Å²) in [7, 11) is 0. The third-order valence-corrected chi connectivity index (χ3v) is 6.56. The number of nitrogens with zero attached hydrogens (tertiary/aromatic N) is 5. The average Bonchev–Trinajstić information content (AvgIpc) is 2.88. The first-order valence-corrected chi connectivity index (χ1v) is 12.7. The second-order valence-electron chi connectivity index (χ2n) is 8.97. The molecule has 0 saturated carbocycles. The summed E-state index contributed by atoms with van der Waals surface area (Å²) in [4.78, 5) is 14.2. The number of fused-ring (bicyclic) bond motifs is 2. The van der Waals surface area contributed by atoms with Gasteiger partial charge in [-0.1, -0.05) is 31.9 Å². The standard InChI is InChI=1S/C28H34FN5O/c1-3-5-8-18-35-28-31-25-20-34(26-11-9-10-21-19-22(29)12-13-23(21)26)17-14-24(25)27(32-28)33(4-2)16-7-6-15-30/h9-13,19H,3-8,14,16-18,20H2,1-2H3. The van der Waals surface area contributed by atoms with E-state index < -0.39 is 0 Å². The van der Waals surface area contributed by atoms with Crippen molar-refractivity contribution in [2.75, 3.05) is 36.0 Å². The zero-order valence-electron chi connectivity index (χ0n) is 20.8. The molecular formula is C28H34FN5O. The van der Waals surface area contributed by atoms with Crippen molar-refractivity contribution >= 4 is 22.3 Å². The Balaban J connectivity index is 1.66. The third-order valence-electron chi connectivity index (χ3n) is 6.56. The largest absolute Gasteiger partial charge is 0.463 e. The van der Waals surface area contributed by atoms with E-state index in [4.69, 9.17) is 20.0 Å². The van der Waals surface area contributed by atoms with Crippen LogP contribution in [-0.2, 0) is 13.0 Å². The van der Waals surface area contributed by atoms with Crippen LogP contribution in [0.15, 0.2) is 36.4 Å². The molecule has 1 aromatic heterocycles. The highest BCUT2D eigenvalue weighted by atomic mass is 19.1. The third kappa shape index (κ3) is 5.82. The summed E-state index contributed by atoms with van der Waals surface area (Å²) < 4.78 is 19.8. The topological polar surface area (TPSA) is 65.3 Å². The highest BCUT2D eigenvalue weighted by Crippen LogP contribution is 2.34. The molecule has 0 aliphatic carbocycles. The first kappa shape index (κ1) is 24.7. The van der Waals surface area contributed by atoms with Gasteiger partial charge in [-0.3, -0.25) is 0 Å². The molecule has 0 spiro atoms. The number of unbranched alkanes of at least 4 members (excludes halogenated alkanes) is 3. The van der Waals surface area contributed by atoms with Gasteiger partial charge in [-0.25, -0.2) is 4.39 Å². The number of rotatable bonds is 11. The molecule has 2 heterocycles. The number of nitriles is 1. The number of benzene rings is 2. The molecule has 3 aromatic rings. The van der Waals surface area contributed by atoms with Gasteiger partial charge in [0.2, 0.25) is 0 Å². The zero-order chi connectivity index (χ0) is 24.6. The van der Waals surface area contributed by atoms with Gasteiger partial charge in [-0.15, -0.1) is 0 Å². The summed E-state index contributed by atoms with van der Waals surface area (Å²) in [6, 6.07) is 13.6. The number of halogens is 1. The van der Waals surface area contributed by atoms with Crippen molar-refractivity contribution in [2.45, 2.75) is 58.9 Å². The highest BCUT2D eigenvalue weighted by Gasteiger charge is 2.26. The Bertz CT molecular complexity index is 1190. The smallest absolute Gasteiger partial charge is 0.318 e. The van der Waals surface area contributed by atoms with Crippen LogP contribution >= 0.6 is 0 Å². The highest BCUT2D eigenvalue weighted by molar-refractivity contribution is 5.94. The average molecular weight is 476 g/mol. The van der Waals surface area contributed by atoms with Gasteiger partial charge in [-0.2, -0.15) is 15.2 Å². The Kier molecular flexibility index (Phi) is 8.36. The van der Waals surface area contributed by atoms with Crippen molar-refractivity contribution in [3.05, 3.63) is 53.5 Å². The van der Waals surface area contributed by atoms with Crippen molar-refractivity contribution in [3.63, 3.8) is 0 Å². The SMILES string of the molecule is CCCCCOc1nc2c(c(N(CC)CCCC#N)n1)CCN(c1cccc3cc(F)ccc13)C2. The van der Waals surface area contributed by atoms with Crippen molar-refractivity contribution in [3.8, 4) is 12.1 Å². The van der Waals surface area contributed by atoms with Gasteiger partial charge >= 0.3 is 6.01 Å². The Morgan fingerprint density at radius 1 is 1.14 bits per heavy atom. The van der Waals surface area contributed by atoms with Crippen LogP contribution in [0.3, 0.4) is 0 Å². The molecular weight excluding hydrogens is 441 g/mol. The first-order chi connectivity index (χ1) is 17.1. The van der Waals surface area contributed by atoms with E-state index in [9.17, 15) is 4.39 Å². The summed E-state index contributed by atoms with van der Waals surface area (Å²) in [5.74, 6) is 0.706. The lowest BCUT2D eigenvalue weighted by Crippen LogP contribution is -2.34. The predicted molar refractivity (Wildman–Crippen MR) is 138 cm³/mol. The van der Waals surface area contributed by atoms with Crippen molar-refractivity contribution in [2.24, 2.45) is 0 Å². The van der Waals surface area contributed by atoms with E-state index in [-0.39, 0.29) is 5.82 Å². The predicted octanol–water partition coefficient (Wildman–Crippen LogP) is 6.03. The summed E-state index contributed by atoms with van der Waals surface area (Å²) in [6.07, 6.45) is 5.36. The number of hydrogen-bond acceptors (Lipinski definition) is 6. The van der Waals surface area contributed by atoms with Crippen LogP contribution in [-0.4, -0.2) is 36.2 Å². The number of aromatic nitrogens is 2. The summed E-state index contributed by atoms with van der Waals surface area (Å²) in [5.41, 5.74) is 3.22. The summed E-state index contributed by atoms with van der Waals surface area (Å²) in [5, 5.41) is 10.9. The van der Waals surface area contributed by atoms with Gasteiger partial charge in [0.05, 0.1) is 24.9 Å². The van der Waals surface area contributed by atoms with E-state index in [0.717, 1.165) is 85.3 Å². The molecule has 2 aromatic carbocycles. The van der Waals surface area contributed by atoms with Crippen LogP contribution in [0.4, 0.5) is 15.9 Å². The lowest BCUT2D eigenvalue weighted by atomic mass is 10.0. The van der Waals surface area contributed by atoms with E-state index in [1.165, 1.54) is 6.07 Å². The second-order valence-corrected chi connectivity index (χ2v) is 8.97. The lowest BCUT2D eigenvalue weighted by molar-refractivity contribution is 0.281. The normalized spacial score (nSPS) is 12.9. The van der Waals surface area contributed by atoms with Gasteiger partial charge in [0.15, 0.2) is 0 Å². The zero-order valence-corrected chi connectivity index (χ0v) is 20.8. The van der Waals surface area contributed by atoms with Crippen LogP contribution in [0.5, 0.6) is 6.01 Å². The van der Waals surface area contributed by atoms with Crippen LogP contribution in [0, 0.1) is 17.1 Å². The van der Waals surface area contributed by atoms with Crippen molar-refractivity contribution in [1.82, 2.24) is 9.97 Å². The Hall–Kier alpha value is -3.40. The first-order valence-electron chi connectivity index (χ1n) is 12.7. The molecule has 1 aliphatic heterocycles. The molecule has 0 amide bonds. The quantitative estimate of drug-likeness (QED) is 0.316. The van der Waals surface area contributed by atoms with Gasteiger partial charge in [0.25, 0.3) is 0 Å². The van der Waals surface area contributed by atoms with Crippen LogP contribution in [0.2, 0.25) is 0 Å².